The third-order valence-electron chi connectivity index (χ3n) is 4.71. The second kappa shape index (κ2) is 9.80. The van der Waals surface area contributed by atoms with Crippen molar-refractivity contribution in [1.29, 1.82) is 0 Å². The topological polar surface area (TPSA) is 66.4 Å². The number of carbonyl (C=O) groups is 2. The number of rotatable bonds is 9. The Labute approximate surface area is 128 Å². The molecule has 1 saturated carbocycles. The number of carbonyl (C=O) groups excluding carboxylic acids is 1. The minimum atomic E-state index is -0.734. The van der Waals surface area contributed by atoms with Crippen molar-refractivity contribution in [2.24, 2.45) is 17.8 Å². The van der Waals surface area contributed by atoms with Crippen LogP contribution in [0, 0.1) is 17.8 Å². The fraction of sp³-hybridized carbons (Fsp3) is 0.882. The summed E-state index contributed by atoms with van der Waals surface area (Å²) in [7, 11) is 0. The van der Waals surface area contributed by atoms with Gasteiger partial charge in [-0.1, -0.05) is 33.1 Å². The van der Waals surface area contributed by atoms with Crippen molar-refractivity contribution in [3.8, 4) is 0 Å². The van der Waals surface area contributed by atoms with E-state index in [4.69, 9.17) is 5.11 Å². The molecule has 1 amide bonds. The second-order valence-electron chi connectivity index (χ2n) is 6.78. The van der Waals surface area contributed by atoms with Gasteiger partial charge in [-0.15, -0.1) is 0 Å². The molecule has 0 radical (unpaired) electrons. The molecule has 0 aromatic rings. The zero-order chi connectivity index (χ0) is 15.7. The lowest BCUT2D eigenvalue weighted by molar-refractivity contribution is -0.137. The molecule has 0 aromatic heterocycles. The average Bonchev–Trinajstić information content (AvgIpc) is 2.43. The average molecular weight is 297 g/mol. The molecular formula is C17H31NO3. The van der Waals surface area contributed by atoms with Gasteiger partial charge in [0.25, 0.3) is 0 Å². The molecule has 0 spiro atoms. The van der Waals surface area contributed by atoms with Gasteiger partial charge in [0.2, 0.25) is 5.91 Å². The quantitative estimate of drug-likeness (QED) is 0.683. The van der Waals surface area contributed by atoms with Crippen molar-refractivity contribution in [2.45, 2.75) is 71.6 Å². The summed E-state index contributed by atoms with van der Waals surface area (Å²) in [6, 6.07) is 0. The molecule has 4 nitrogen and oxygen atoms in total. The van der Waals surface area contributed by atoms with Gasteiger partial charge in [-0.25, -0.2) is 0 Å². The first-order valence-corrected chi connectivity index (χ1v) is 8.47. The molecule has 1 aliphatic rings. The zero-order valence-electron chi connectivity index (χ0n) is 13.6. The molecule has 0 heterocycles. The van der Waals surface area contributed by atoms with Crippen LogP contribution in [0.15, 0.2) is 0 Å². The predicted octanol–water partition coefficient (Wildman–Crippen LogP) is 3.60. The predicted molar refractivity (Wildman–Crippen MR) is 84.0 cm³/mol. The zero-order valence-corrected chi connectivity index (χ0v) is 13.6. The Morgan fingerprint density at radius 3 is 2.38 bits per heavy atom. The molecule has 122 valence electrons. The molecule has 1 rings (SSSR count). The summed E-state index contributed by atoms with van der Waals surface area (Å²) in [5.41, 5.74) is 0. The fourth-order valence-electron chi connectivity index (χ4n) is 3.24. The van der Waals surface area contributed by atoms with Crippen molar-refractivity contribution in [3.63, 3.8) is 0 Å². The van der Waals surface area contributed by atoms with E-state index >= 15 is 0 Å². The SMILES string of the molecule is CC(C)C(CCNC(=O)CC1CCCCC1)CCC(=O)O. The molecule has 0 aliphatic heterocycles. The fourth-order valence-corrected chi connectivity index (χ4v) is 3.24. The van der Waals surface area contributed by atoms with Gasteiger partial charge in [-0.3, -0.25) is 9.59 Å². The lowest BCUT2D eigenvalue weighted by Gasteiger charge is -2.22. The maximum Gasteiger partial charge on any atom is 0.303 e. The standard InChI is InChI=1S/C17H31NO3/c1-13(2)15(8-9-17(20)21)10-11-18-16(19)12-14-6-4-3-5-7-14/h13-15H,3-12H2,1-2H3,(H,18,19)(H,20,21). The first-order chi connectivity index (χ1) is 9.99. The van der Waals surface area contributed by atoms with Crippen LogP contribution in [-0.4, -0.2) is 23.5 Å². The third-order valence-corrected chi connectivity index (χ3v) is 4.71. The number of aliphatic carboxylic acids is 1. The van der Waals surface area contributed by atoms with Crippen molar-refractivity contribution in [1.82, 2.24) is 5.32 Å². The Hall–Kier alpha value is -1.06. The lowest BCUT2D eigenvalue weighted by atomic mass is 9.86. The summed E-state index contributed by atoms with van der Waals surface area (Å²) in [4.78, 5) is 22.6. The van der Waals surface area contributed by atoms with E-state index in [0.717, 1.165) is 6.42 Å². The molecule has 0 aromatic carbocycles. The molecule has 1 atom stereocenters. The Morgan fingerprint density at radius 2 is 1.81 bits per heavy atom. The van der Waals surface area contributed by atoms with Gasteiger partial charge in [0.1, 0.15) is 0 Å². The van der Waals surface area contributed by atoms with Crippen LogP contribution in [0.4, 0.5) is 0 Å². The second-order valence-corrected chi connectivity index (χ2v) is 6.78. The van der Waals surface area contributed by atoms with Gasteiger partial charge in [-0.2, -0.15) is 0 Å². The first kappa shape index (κ1) is 18.0. The smallest absolute Gasteiger partial charge is 0.303 e. The highest BCUT2D eigenvalue weighted by Crippen LogP contribution is 2.26. The van der Waals surface area contributed by atoms with Gasteiger partial charge in [0.15, 0.2) is 0 Å². The van der Waals surface area contributed by atoms with Gasteiger partial charge >= 0.3 is 5.97 Å². The summed E-state index contributed by atoms with van der Waals surface area (Å²) in [6.45, 7) is 4.92. The molecule has 2 N–H and O–H groups in total. The summed E-state index contributed by atoms with van der Waals surface area (Å²) < 4.78 is 0. The van der Waals surface area contributed by atoms with Crippen molar-refractivity contribution in [3.05, 3.63) is 0 Å². The summed E-state index contributed by atoms with van der Waals surface area (Å²) in [6.07, 6.45) is 8.71. The number of carboxylic acids is 1. The van der Waals surface area contributed by atoms with E-state index in [1.165, 1.54) is 32.1 Å². The molecule has 0 bridgehead atoms. The molecule has 21 heavy (non-hydrogen) atoms. The van der Waals surface area contributed by atoms with E-state index < -0.39 is 5.97 Å². The Kier molecular flexibility index (Phi) is 8.40. The number of hydrogen-bond donors (Lipinski definition) is 2. The maximum atomic E-state index is 11.9. The van der Waals surface area contributed by atoms with Crippen LogP contribution in [0.25, 0.3) is 0 Å². The highest BCUT2D eigenvalue weighted by atomic mass is 16.4. The number of carboxylic acid groups (broad SMARTS) is 1. The summed E-state index contributed by atoms with van der Waals surface area (Å²) >= 11 is 0. The van der Waals surface area contributed by atoms with Crippen LogP contribution < -0.4 is 5.32 Å². The highest BCUT2D eigenvalue weighted by molar-refractivity contribution is 5.76. The minimum absolute atomic E-state index is 0.169. The van der Waals surface area contributed by atoms with Crippen LogP contribution in [0.3, 0.4) is 0 Å². The van der Waals surface area contributed by atoms with E-state index in [1.54, 1.807) is 0 Å². The van der Waals surface area contributed by atoms with E-state index in [-0.39, 0.29) is 12.3 Å². The number of amides is 1. The van der Waals surface area contributed by atoms with Crippen LogP contribution in [-0.2, 0) is 9.59 Å². The molecule has 0 saturated heterocycles. The molecule has 4 heteroatoms. The maximum absolute atomic E-state index is 11.9. The normalized spacial score (nSPS) is 17.7. The van der Waals surface area contributed by atoms with E-state index in [2.05, 4.69) is 19.2 Å². The van der Waals surface area contributed by atoms with Crippen molar-refractivity contribution < 1.29 is 14.7 Å². The Morgan fingerprint density at radius 1 is 1.14 bits per heavy atom. The highest BCUT2D eigenvalue weighted by Gasteiger charge is 2.18. The Balaban J connectivity index is 2.19. The van der Waals surface area contributed by atoms with Gasteiger partial charge in [-0.05, 0) is 43.4 Å². The molecule has 1 fully saturated rings. The van der Waals surface area contributed by atoms with Gasteiger partial charge < -0.3 is 10.4 Å². The van der Waals surface area contributed by atoms with Crippen molar-refractivity contribution >= 4 is 11.9 Å². The first-order valence-electron chi connectivity index (χ1n) is 8.47. The summed E-state index contributed by atoms with van der Waals surface area (Å²) in [5, 5.41) is 11.8. The van der Waals surface area contributed by atoms with Gasteiger partial charge in [0, 0.05) is 19.4 Å². The Bertz CT molecular complexity index is 322. The van der Waals surface area contributed by atoms with Crippen LogP contribution in [0.1, 0.15) is 71.6 Å². The van der Waals surface area contributed by atoms with Crippen LogP contribution in [0.5, 0.6) is 0 Å². The molecule has 1 unspecified atom stereocenters. The largest absolute Gasteiger partial charge is 0.481 e. The molecular weight excluding hydrogens is 266 g/mol. The van der Waals surface area contributed by atoms with E-state index in [9.17, 15) is 9.59 Å². The van der Waals surface area contributed by atoms with E-state index in [0.29, 0.717) is 37.1 Å². The summed E-state index contributed by atoms with van der Waals surface area (Å²) in [5.74, 6) is 0.840. The number of hydrogen-bond acceptors (Lipinski definition) is 2. The van der Waals surface area contributed by atoms with Gasteiger partial charge in [0.05, 0.1) is 0 Å². The van der Waals surface area contributed by atoms with Crippen LogP contribution >= 0.6 is 0 Å². The molecule has 1 aliphatic carbocycles. The third kappa shape index (κ3) is 8.08. The lowest BCUT2D eigenvalue weighted by Crippen LogP contribution is -2.29. The monoisotopic (exact) mass is 297 g/mol. The minimum Gasteiger partial charge on any atom is -0.481 e. The van der Waals surface area contributed by atoms with Crippen LogP contribution in [0.2, 0.25) is 0 Å². The van der Waals surface area contributed by atoms with E-state index in [1.807, 2.05) is 0 Å². The van der Waals surface area contributed by atoms with Crippen molar-refractivity contribution in [2.75, 3.05) is 6.54 Å². The number of nitrogens with one attached hydrogen (secondary N) is 1.